The Labute approximate surface area is 122 Å². The molecule has 2 bridgehead atoms. The Bertz CT molecular complexity index is 697. The van der Waals surface area contributed by atoms with Crippen molar-refractivity contribution in [3.05, 3.63) is 36.2 Å². The van der Waals surface area contributed by atoms with E-state index in [1.54, 1.807) is 6.20 Å². The Balaban J connectivity index is 1.54. The van der Waals surface area contributed by atoms with E-state index in [1.165, 1.54) is 25.9 Å². The molecule has 0 aromatic carbocycles. The molecule has 108 valence electrons. The van der Waals surface area contributed by atoms with Crippen LogP contribution in [0.1, 0.15) is 18.4 Å². The van der Waals surface area contributed by atoms with Crippen molar-refractivity contribution < 1.29 is 4.84 Å². The van der Waals surface area contributed by atoms with Crippen molar-refractivity contribution >= 4 is 11.4 Å². The number of nitrogens with one attached hydrogen (secondary N) is 1. The first-order valence-corrected chi connectivity index (χ1v) is 7.52. The number of nitrogens with zero attached hydrogens (tertiary/aromatic N) is 4. The van der Waals surface area contributed by atoms with Gasteiger partial charge in [0.2, 0.25) is 5.72 Å². The highest BCUT2D eigenvalue weighted by Gasteiger charge is 2.51. The van der Waals surface area contributed by atoms with Gasteiger partial charge in [-0.15, -0.1) is 0 Å². The van der Waals surface area contributed by atoms with Crippen molar-refractivity contribution in [2.24, 2.45) is 10.9 Å². The first-order chi connectivity index (χ1) is 10.3. The van der Waals surface area contributed by atoms with E-state index >= 15 is 0 Å². The molecule has 0 unspecified atom stereocenters. The molecule has 6 rings (SSSR count). The van der Waals surface area contributed by atoms with Crippen LogP contribution in [0.4, 0.5) is 0 Å². The zero-order valence-electron chi connectivity index (χ0n) is 11.7. The predicted molar refractivity (Wildman–Crippen MR) is 77.8 cm³/mol. The molecule has 0 saturated carbocycles. The standard InChI is InChI=1S/C15H17N5O/c1-2-13-8-11(9-20(13)16-5-1)14-17-15(21-18-14)10-19-6-3-12(15)4-7-19/h1-2,5,8-9,12H,3-4,6-7,10H2,(H,17,18)/t15-/m1/s1. The minimum absolute atomic E-state index is 0.382. The zero-order chi connectivity index (χ0) is 13.9. The summed E-state index contributed by atoms with van der Waals surface area (Å²) < 4.78 is 1.86. The summed E-state index contributed by atoms with van der Waals surface area (Å²) in [6.07, 6.45) is 6.13. The van der Waals surface area contributed by atoms with Gasteiger partial charge in [0.05, 0.1) is 12.1 Å². The van der Waals surface area contributed by atoms with E-state index in [1.807, 2.05) is 22.8 Å². The van der Waals surface area contributed by atoms with Crippen molar-refractivity contribution in [1.82, 2.24) is 20.0 Å². The average molecular weight is 283 g/mol. The second-order valence-corrected chi connectivity index (χ2v) is 6.18. The van der Waals surface area contributed by atoms with Gasteiger partial charge in [0.15, 0.2) is 5.84 Å². The van der Waals surface area contributed by atoms with E-state index in [0.29, 0.717) is 5.92 Å². The Morgan fingerprint density at radius 1 is 1.33 bits per heavy atom. The van der Waals surface area contributed by atoms with Crippen molar-refractivity contribution in [2.45, 2.75) is 18.6 Å². The molecule has 6 heterocycles. The second kappa shape index (κ2) is 4.05. The molecule has 1 spiro atoms. The predicted octanol–water partition coefficient (Wildman–Crippen LogP) is 1.04. The van der Waals surface area contributed by atoms with Crippen LogP contribution in [-0.4, -0.2) is 45.7 Å². The average Bonchev–Trinajstić information content (AvgIpc) is 3.13. The molecule has 4 aliphatic rings. The first-order valence-electron chi connectivity index (χ1n) is 7.52. The minimum Gasteiger partial charge on any atom is -0.298 e. The van der Waals surface area contributed by atoms with Crippen molar-refractivity contribution in [3.63, 3.8) is 0 Å². The lowest BCUT2D eigenvalue weighted by atomic mass is 9.81. The van der Waals surface area contributed by atoms with Gasteiger partial charge in [0.1, 0.15) is 0 Å². The van der Waals surface area contributed by atoms with Crippen LogP contribution in [0.5, 0.6) is 0 Å². The van der Waals surface area contributed by atoms with Gasteiger partial charge in [-0.1, -0.05) is 0 Å². The summed E-state index contributed by atoms with van der Waals surface area (Å²) in [6, 6.07) is 6.06. The molecule has 0 amide bonds. The molecule has 6 heteroatoms. The lowest BCUT2D eigenvalue weighted by Gasteiger charge is -2.47. The number of rotatable bonds is 1. The van der Waals surface area contributed by atoms with Crippen LogP contribution in [0.3, 0.4) is 0 Å². The van der Waals surface area contributed by atoms with Gasteiger partial charge < -0.3 is 0 Å². The monoisotopic (exact) mass is 283 g/mol. The first kappa shape index (κ1) is 11.7. The molecular weight excluding hydrogens is 266 g/mol. The maximum atomic E-state index is 5.95. The summed E-state index contributed by atoms with van der Waals surface area (Å²) in [5.74, 6) is 1.36. The fourth-order valence-electron chi connectivity index (χ4n) is 3.80. The minimum atomic E-state index is -0.382. The van der Waals surface area contributed by atoms with E-state index < -0.39 is 0 Å². The Kier molecular flexibility index (Phi) is 2.26. The van der Waals surface area contributed by atoms with Crippen LogP contribution in [0.15, 0.2) is 35.6 Å². The number of hydrogen-bond donors (Lipinski definition) is 1. The Morgan fingerprint density at radius 3 is 3.00 bits per heavy atom. The SMILES string of the molecule is c1cnn2cc(C3=N[C@]4(CN5CCC4CC5)ON3)cc2c1. The molecule has 0 radical (unpaired) electrons. The Hall–Kier alpha value is -1.92. The number of piperidine rings is 3. The summed E-state index contributed by atoms with van der Waals surface area (Å²) in [5, 5.41) is 4.30. The van der Waals surface area contributed by atoms with E-state index in [4.69, 9.17) is 9.83 Å². The lowest BCUT2D eigenvalue weighted by Crippen LogP contribution is -2.58. The van der Waals surface area contributed by atoms with Crippen LogP contribution in [0.25, 0.3) is 5.52 Å². The highest BCUT2D eigenvalue weighted by Crippen LogP contribution is 2.40. The highest BCUT2D eigenvalue weighted by atomic mass is 16.7. The van der Waals surface area contributed by atoms with Crippen LogP contribution in [0.2, 0.25) is 0 Å². The van der Waals surface area contributed by atoms with E-state index in [0.717, 1.165) is 23.5 Å². The molecule has 1 N–H and O–H groups in total. The number of aliphatic imine (C=N–C) groups is 1. The smallest absolute Gasteiger partial charge is 0.202 e. The fraction of sp³-hybridized carbons (Fsp3) is 0.467. The fourth-order valence-corrected chi connectivity index (χ4v) is 3.80. The molecule has 2 aromatic heterocycles. The molecule has 3 saturated heterocycles. The normalized spacial score (nSPS) is 34.4. The lowest BCUT2D eigenvalue weighted by molar-refractivity contribution is -0.155. The van der Waals surface area contributed by atoms with Gasteiger partial charge in [-0.25, -0.2) is 19.8 Å². The van der Waals surface area contributed by atoms with E-state index in [-0.39, 0.29) is 5.72 Å². The maximum absolute atomic E-state index is 5.95. The zero-order valence-corrected chi connectivity index (χ0v) is 11.7. The van der Waals surface area contributed by atoms with Crippen LogP contribution >= 0.6 is 0 Å². The molecule has 3 fully saturated rings. The van der Waals surface area contributed by atoms with Crippen LogP contribution < -0.4 is 5.48 Å². The molecule has 0 aliphatic carbocycles. The molecular formula is C15H17N5O. The van der Waals surface area contributed by atoms with Crippen molar-refractivity contribution in [2.75, 3.05) is 19.6 Å². The largest absolute Gasteiger partial charge is 0.298 e. The van der Waals surface area contributed by atoms with Gasteiger partial charge in [0.25, 0.3) is 0 Å². The number of hydrogen-bond acceptors (Lipinski definition) is 5. The van der Waals surface area contributed by atoms with Crippen LogP contribution in [-0.2, 0) is 4.84 Å². The summed E-state index contributed by atoms with van der Waals surface area (Å²) in [4.78, 5) is 13.3. The molecule has 6 nitrogen and oxygen atoms in total. The number of aromatic nitrogens is 2. The van der Waals surface area contributed by atoms with Crippen molar-refractivity contribution in [1.29, 1.82) is 0 Å². The summed E-state index contributed by atoms with van der Waals surface area (Å²) >= 11 is 0. The number of fused-ring (bicyclic) bond motifs is 3. The third-order valence-electron chi connectivity index (χ3n) is 4.95. The van der Waals surface area contributed by atoms with E-state index in [9.17, 15) is 0 Å². The Morgan fingerprint density at radius 2 is 2.24 bits per heavy atom. The maximum Gasteiger partial charge on any atom is 0.202 e. The van der Waals surface area contributed by atoms with Gasteiger partial charge in [-0.05, 0) is 44.1 Å². The third-order valence-corrected chi connectivity index (χ3v) is 4.95. The van der Waals surface area contributed by atoms with Gasteiger partial charge in [-0.2, -0.15) is 5.10 Å². The molecule has 4 aliphatic heterocycles. The molecule has 1 atom stereocenters. The summed E-state index contributed by atoms with van der Waals surface area (Å²) in [7, 11) is 0. The van der Waals surface area contributed by atoms with Crippen LogP contribution in [0, 0.1) is 5.92 Å². The second-order valence-electron chi connectivity index (χ2n) is 6.18. The topological polar surface area (TPSA) is 54.2 Å². The number of amidine groups is 1. The summed E-state index contributed by atoms with van der Waals surface area (Å²) in [5.41, 5.74) is 4.77. The van der Waals surface area contributed by atoms with Crippen molar-refractivity contribution in [3.8, 4) is 0 Å². The quantitative estimate of drug-likeness (QED) is 0.849. The van der Waals surface area contributed by atoms with E-state index in [2.05, 4.69) is 21.5 Å². The van der Waals surface area contributed by atoms with Gasteiger partial charge in [0, 0.05) is 23.9 Å². The van der Waals surface area contributed by atoms with Gasteiger partial charge in [-0.3, -0.25) is 4.90 Å². The molecule has 2 aromatic rings. The summed E-state index contributed by atoms with van der Waals surface area (Å²) in [6.45, 7) is 3.26. The highest BCUT2D eigenvalue weighted by molar-refractivity contribution is 6.00. The number of hydroxylamine groups is 1. The van der Waals surface area contributed by atoms with Gasteiger partial charge >= 0.3 is 0 Å². The third kappa shape index (κ3) is 1.66. The molecule has 21 heavy (non-hydrogen) atoms.